The van der Waals surface area contributed by atoms with Gasteiger partial charge in [-0.25, -0.2) is 0 Å². The second-order valence-electron chi connectivity index (χ2n) is 8.73. The molecule has 1 aliphatic carbocycles. The molecule has 0 unspecified atom stereocenters. The Labute approximate surface area is 214 Å². The molecule has 0 radical (unpaired) electrons. The zero-order valence-corrected chi connectivity index (χ0v) is 20.8. The van der Waals surface area contributed by atoms with Crippen molar-refractivity contribution in [2.75, 3.05) is 0 Å². The van der Waals surface area contributed by atoms with Crippen LogP contribution in [0.1, 0.15) is 5.56 Å². The first kappa shape index (κ1) is 22.3. The number of rotatable bonds is 5. The molecule has 0 fully saturated rings. The van der Waals surface area contributed by atoms with Crippen LogP contribution in [0.3, 0.4) is 0 Å². The Kier molecular flexibility index (Phi) is 6.31. The average Bonchev–Trinajstić information content (AvgIpc) is 3.40. The van der Waals surface area contributed by atoms with Crippen LogP contribution >= 0.6 is 7.92 Å². The van der Waals surface area contributed by atoms with Gasteiger partial charge in [0.1, 0.15) is 0 Å². The van der Waals surface area contributed by atoms with Crippen LogP contribution < -0.4 is 15.9 Å². The van der Waals surface area contributed by atoms with Gasteiger partial charge in [0.05, 0.1) is 0 Å². The molecule has 0 bridgehead atoms. The van der Waals surface area contributed by atoms with Crippen molar-refractivity contribution in [2.24, 2.45) is 0 Å². The third-order valence-corrected chi connectivity index (χ3v) is 8.97. The largest absolute Gasteiger partial charge is 0.361 e. The highest BCUT2D eigenvalue weighted by Gasteiger charge is 2.29. The Bertz CT molecular complexity index is 1470. The summed E-state index contributed by atoms with van der Waals surface area (Å²) in [5, 5.41) is 7.60. The first-order valence-corrected chi connectivity index (χ1v) is 13.6. The standard InChI is InChI=1S/C34H26NP/c1-4-12-26(13-5-1)27-19-21-28(22-20-27)31-23-24-33(34(31)32-18-10-11-25-35-32)36(29-14-6-2-7-15-29)30-16-8-3-9-17-30/h1-25,35H/b34-32-. The van der Waals surface area contributed by atoms with E-state index in [0.717, 1.165) is 5.70 Å². The van der Waals surface area contributed by atoms with Gasteiger partial charge >= 0.3 is 0 Å². The first-order valence-electron chi connectivity index (χ1n) is 12.2. The van der Waals surface area contributed by atoms with Crippen molar-refractivity contribution in [3.8, 4) is 11.1 Å². The Morgan fingerprint density at radius 3 is 1.64 bits per heavy atom. The molecule has 0 saturated heterocycles. The molecule has 0 aromatic heterocycles. The molecule has 4 aromatic carbocycles. The summed E-state index contributed by atoms with van der Waals surface area (Å²) in [6.07, 6.45) is 13.0. The predicted octanol–water partition coefficient (Wildman–Crippen LogP) is 7.69. The smallest absolute Gasteiger partial charge is 0.0466 e. The van der Waals surface area contributed by atoms with Gasteiger partial charge in [0.15, 0.2) is 0 Å². The maximum absolute atomic E-state index is 3.53. The second kappa shape index (κ2) is 10.2. The molecule has 0 spiro atoms. The van der Waals surface area contributed by atoms with Crippen LogP contribution in [0.4, 0.5) is 0 Å². The van der Waals surface area contributed by atoms with E-state index >= 15 is 0 Å². The van der Waals surface area contributed by atoms with Crippen molar-refractivity contribution < 1.29 is 0 Å². The zero-order chi connectivity index (χ0) is 24.2. The van der Waals surface area contributed by atoms with E-state index in [0.29, 0.717) is 0 Å². The molecule has 172 valence electrons. The molecule has 0 saturated carbocycles. The number of nitrogens with one attached hydrogen (secondary N) is 1. The SMILES string of the molecule is C1=CN/C(=C2/C(c3ccc(-c4ccccc4)cc3)=CC=C2P(c2ccccc2)c2ccccc2)C=C1. The lowest BCUT2D eigenvalue weighted by atomic mass is 9.96. The van der Waals surface area contributed by atoms with E-state index in [2.05, 4.69) is 145 Å². The van der Waals surface area contributed by atoms with Crippen LogP contribution in [0.2, 0.25) is 0 Å². The zero-order valence-electron chi connectivity index (χ0n) is 19.9. The summed E-state index contributed by atoms with van der Waals surface area (Å²) in [4.78, 5) is 0. The average molecular weight is 480 g/mol. The minimum absolute atomic E-state index is 0.722. The fourth-order valence-corrected chi connectivity index (χ4v) is 7.26. The summed E-state index contributed by atoms with van der Waals surface area (Å²) < 4.78 is 0. The molecule has 2 aliphatic rings. The van der Waals surface area contributed by atoms with Crippen molar-refractivity contribution in [3.63, 3.8) is 0 Å². The molecular weight excluding hydrogens is 453 g/mol. The molecule has 2 heteroatoms. The van der Waals surface area contributed by atoms with Crippen molar-refractivity contribution in [2.45, 2.75) is 0 Å². The Hall–Kier alpha value is -4.19. The third kappa shape index (κ3) is 4.42. The fraction of sp³-hybridized carbons (Fsp3) is 0. The summed E-state index contributed by atoms with van der Waals surface area (Å²) >= 11 is 0. The number of allylic oxidation sites excluding steroid dienone is 8. The number of benzene rings is 4. The van der Waals surface area contributed by atoms with E-state index < -0.39 is 7.92 Å². The Balaban J connectivity index is 1.44. The van der Waals surface area contributed by atoms with Gasteiger partial charge in [-0.2, -0.15) is 0 Å². The predicted molar refractivity (Wildman–Crippen MR) is 155 cm³/mol. The van der Waals surface area contributed by atoms with Crippen molar-refractivity contribution in [1.29, 1.82) is 0 Å². The molecule has 0 atom stereocenters. The van der Waals surface area contributed by atoms with Crippen molar-refractivity contribution in [1.82, 2.24) is 5.32 Å². The highest BCUT2D eigenvalue weighted by molar-refractivity contribution is 7.77. The van der Waals surface area contributed by atoms with E-state index in [1.54, 1.807) is 0 Å². The van der Waals surface area contributed by atoms with Gasteiger partial charge in [0.2, 0.25) is 0 Å². The van der Waals surface area contributed by atoms with Crippen LogP contribution in [0, 0.1) is 0 Å². The van der Waals surface area contributed by atoms with Gasteiger partial charge in [-0.05, 0) is 58.3 Å². The monoisotopic (exact) mass is 479 g/mol. The van der Waals surface area contributed by atoms with Gasteiger partial charge in [0, 0.05) is 17.5 Å². The van der Waals surface area contributed by atoms with E-state index in [1.165, 1.54) is 43.8 Å². The van der Waals surface area contributed by atoms with Gasteiger partial charge < -0.3 is 5.32 Å². The maximum Gasteiger partial charge on any atom is 0.0466 e. The van der Waals surface area contributed by atoms with Crippen molar-refractivity contribution >= 4 is 24.1 Å². The lowest BCUT2D eigenvalue weighted by Gasteiger charge is -2.25. The second-order valence-corrected chi connectivity index (χ2v) is 10.9. The topological polar surface area (TPSA) is 12.0 Å². The molecule has 4 aromatic rings. The Morgan fingerprint density at radius 2 is 1.06 bits per heavy atom. The molecule has 1 aliphatic heterocycles. The molecule has 1 N–H and O–H groups in total. The normalized spacial score (nSPS) is 16.6. The van der Waals surface area contributed by atoms with Gasteiger partial charge in [-0.3, -0.25) is 0 Å². The van der Waals surface area contributed by atoms with E-state index in [-0.39, 0.29) is 0 Å². The van der Waals surface area contributed by atoms with E-state index in [4.69, 9.17) is 0 Å². The minimum Gasteiger partial charge on any atom is -0.361 e. The van der Waals surface area contributed by atoms with E-state index in [1.807, 2.05) is 12.3 Å². The third-order valence-electron chi connectivity index (χ3n) is 6.48. The van der Waals surface area contributed by atoms with Crippen LogP contribution in [0.15, 0.2) is 168 Å². The van der Waals surface area contributed by atoms with Gasteiger partial charge in [-0.1, -0.05) is 133 Å². The van der Waals surface area contributed by atoms with Crippen LogP contribution in [0.25, 0.3) is 16.7 Å². The highest BCUT2D eigenvalue weighted by Crippen LogP contribution is 2.53. The number of hydrogen-bond acceptors (Lipinski definition) is 1. The highest BCUT2D eigenvalue weighted by atomic mass is 31.1. The molecular formula is C34H26NP. The summed E-state index contributed by atoms with van der Waals surface area (Å²) in [6, 6.07) is 41.3. The molecule has 36 heavy (non-hydrogen) atoms. The first-order chi connectivity index (χ1) is 17.9. The summed E-state index contributed by atoms with van der Waals surface area (Å²) in [5.41, 5.74) is 7.37. The summed E-state index contributed by atoms with van der Waals surface area (Å²) in [5.74, 6) is 0. The Morgan fingerprint density at radius 1 is 0.500 bits per heavy atom. The van der Waals surface area contributed by atoms with Gasteiger partial charge in [0.25, 0.3) is 0 Å². The van der Waals surface area contributed by atoms with Crippen molar-refractivity contribution in [3.05, 3.63) is 174 Å². The van der Waals surface area contributed by atoms with Gasteiger partial charge in [-0.15, -0.1) is 0 Å². The van der Waals surface area contributed by atoms with E-state index in [9.17, 15) is 0 Å². The lowest BCUT2D eigenvalue weighted by Crippen LogP contribution is -2.16. The lowest BCUT2D eigenvalue weighted by molar-refractivity contribution is 1.08. The molecule has 1 nitrogen and oxygen atoms in total. The molecule has 0 amide bonds. The molecule has 1 heterocycles. The maximum atomic E-state index is 3.53. The summed E-state index contributed by atoms with van der Waals surface area (Å²) in [7, 11) is -0.722. The van der Waals surface area contributed by atoms with Crippen LogP contribution in [-0.2, 0) is 0 Å². The number of dihydropyridines is 1. The van der Waals surface area contributed by atoms with Crippen LogP contribution in [-0.4, -0.2) is 0 Å². The van der Waals surface area contributed by atoms with Crippen LogP contribution in [0.5, 0.6) is 0 Å². The number of hydrogen-bond donors (Lipinski definition) is 1. The minimum atomic E-state index is -0.722. The molecule has 6 rings (SSSR count). The summed E-state index contributed by atoms with van der Waals surface area (Å²) in [6.45, 7) is 0. The quantitative estimate of drug-likeness (QED) is 0.289. The fourth-order valence-electron chi connectivity index (χ4n) is 4.78.